The van der Waals surface area contributed by atoms with Crippen LogP contribution in [-0.4, -0.2) is 24.5 Å². The Hall–Kier alpha value is -3.15. The molecule has 0 bridgehead atoms. The van der Waals surface area contributed by atoms with Crippen molar-refractivity contribution >= 4 is 5.96 Å². The SMILES string of the molecule is CN=C(NCCc1coc(-c2ccc(C)cc2)n1)NCc1ccc(C)c(F)c1. The number of aryl methyl sites for hydroxylation is 2. The molecule has 0 saturated carbocycles. The molecule has 1 aromatic heterocycles. The lowest BCUT2D eigenvalue weighted by molar-refractivity contribution is 0.572. The van der Waals surface area contributed by atoms with E-state index in [0.717, 1.165) is 16.8 Å². The van der Waals surface area contributed by atoms with Crippen LogP contribution in [-0.2, 0) is 13.0 Å². The minimum atomic E-state index is -0.197. The molecule has 0 atom stereocenters. The number of nitrogens with one attached hydrogen (secondary N) is 2. The van der Waals surface area contributed by atoms with E-state index in [1.165, 1.54) is 11.6 Å². The van der Waals surface area contributed by atoms with Crippen LogP contribution in [0.4, 0.5) is 4.39 Å². The van der Waals surface area contributed by atoms with E-state index >= 15 is 0 Å². The molecule has 0 spiro atoms. The fourth-order valence-corrected chi connectivity index (χ4v) is 2.71. The van der Waals surface area contributed by atoms with E-state index in [4.69, 9.17) is 4.42 Å². The first-order chi connectivity index (χ1) is 13.5. The number of oxazole rings is 1. The largest absolute Gasteiger partial charge is 0.444 e. The summed E-state index contributed by atoms with van der Waals surface area (Å²) in [5.41, 5.74) is 4.55. The zero-order valence-electron chi connectivity index (χ0n) is 16.4. The number of halogens is 1. The van der Waals surface area contributed by atoms with Crippen molar-refractivity contribution in [2.45, 2.75) is 26.8 Å². The Labute approximate surface area is 164 Å². The monoisotopic (exact) mass is 380 g/mol. The van der Waals surface area contributed by atoms with E-state index in [1.54, 1.807) is 26.3 Å². The van der Waals surface area contributed by atoms with Crippen molar-refractivity contribution in [2.75, 3.05) is 13.6 Å². The second kappa shape index (κ2) is 9.17. The third-order valence-corrected chi connectivity index (χ3v) is 4.44. The van der Waals surface area contributed by atoms with Gasteiger partial charge in [-0.25, -0.2) is 9.37 Å². The summed E-state index contributed by atoms with van der Waals surface area (Å²) in [5.74, 6) is 1.08. The molecule has 3 rings (SSSR count). The number of hydrogen-bond donors (Lipinski definition) is 2. The van der Waals surface area contributed by atoms with Gasteiger partial charge in [-0.1, -0.05) is 29.8 Å². The van der Waals surface area contributed by atoms with Gasteiger partial charge in [-0.05, 0) is 43.2 Å². The molecule has 146 valence electrons. The van der Waals surface area contributed by atoms with E-state index in [-0.39, 0.29) is 5.82 Å². The number of benzene rings is 2. The third kappa shape index (κ3) is 5.19. The van der Waals surface area contributed by atoms with Gasteiger partial charge in [0, 0.05) is 32.1 Å². The summed E-state index contributed by atoms with van der Waals surface area (Å²) in [6.45, 7) is 4.95. The number of aliphatic imine (C=N–C) groups is 1. The van der Waals surface area contributed by atoms with Crippen LogP contribution < -0.4 is 10.6 Å². The first-order valence-electron chi connectivity index (χ1n) is 9.26. The van der Waals surface area contributed by atoms with Crippen LogP contribution in [0.15, 0.2) is 58.1 Å². The molecule has 2 N–H and O–H groups in total. The highest BCUT2D eigenvalue weighted by Crippen LogP contribution is 2.19. The van der Waals surface area contributed by atoms with Crippen LogP contribution in [0.2, 0.25) is 0 Å². The lowest BCUT2D eigenvalue weighted by atomic mass is 10.1. The molecule has 0 aliphatic heterocycles. The van der Waals surface area contributed by atoms with Crippen LogP contribution in [0.25, 0.3) is 11.5 Å². The fraction of sp³-hybridized carbons (Fsp3) is 0.273. The minimum absolute atomic E-state index is 0.197. The Morgan fingerprint density at radius 2 is 1.89 bits per heavy atom. The highest BCUT2D eigenvalue weighted by molar-refractivity contribution is 5.79. The lowest BCUT2D eigenvalue weighted by Gasteiger charge is -2.11. The summed E-state index contributed by atoms with van der Waals surface area (Å²) in [5, 5.41) is 6.42. The zero-order chi connectivity index (χ0) is 19.9. The molecular weight excluding hydrogens is 355 g/mol. The molecule has 0 aliphatic carbocycles. The minimum Gasteiger partial charge on any atom is -0.444 e. The molecular formula is C22H25FN4O. The number of nitrogens with zero attached hydrogens (tertiary/aromatic N) is 2. The van der Waals surface area contributed by atoms with Crippen LogP contribution in [0.1, 0.15) is 22.4 Å². The maximum atomic E-state index is 13.6. The quantitative estimate of drug-likeness (QED) is 0.501. The van der Waals surface area contributed by atoms with E-state index < -0.39 is 0 Å². The standard InChI is InChI=1S/C22H25FN4O/c1-15-4-8-18(9-5-15)21-27-19(14-28-21)10-11-25-22(24-3)26-13-17-7-6-16(2)20(23)12-17/h4-9,12,14H,10-11,13H2,1-3H3,(H2,24,25,26). The van der Waals surface area contributed by atoms with Gasteiger partial charge < -0.3 is 15.1 Å². The first kappa shape index (κ1) is 19.6. The summed E-state index contributed by atoms with van der Waals surface area (Å²) >= 11 is 0. The molecule has 2 aromatic carbocycles. The van der Waals surface area contributed by atoms with Gasteiger partial charge in [0.25, 0.3) is 0 Å². The lowest BCUT2D eigenvalue weighted by Crippen LogP contribution is -2.37. The molecule has 1 heterocycles. The Bertz CT molecular complexity index is 947. The predicted molar refractivity (Wildman–Crippen MR) is 110 cm³/mol. The highest BCUT2D eigenvalue weighted by atomic mass is 19.1. The van der Waals surface area contributed by atoms with Gasteiger partial charge in [0.05, 0.1) is 5.69 Å². The third-order valence-electron chi connectivity index (χ3n) is 4.44. The van der Waals surface area contributed by atoms with Crippen LogP contribution in [0.5, 0.6) is 0 Å². The highest BCUT2D eigenvalue weighted by Gasteiger charge is 2.07. The van der Waals surface area contributed by atoms with Gasteiger partial charge in [-0.3, -0.25) is 4.99 Å². The fourth-order valence-electron chi connectivity index (χ4n) is 2.71. The average Bonchev–Trinajstić information content (AvgIpc) is 3.16. The molecule has 0 aliphatic rings. The first-order valence-corrected chi connectivity index (χ1v) is 9.26. The second-order valence-corrected chi connectivity index (χ2v) is 6.70. The molecule has 28 heavy (non-hydrogen) atoms. The molecule has 0 amide bonds. The summed E-state index contributed by atoms with van der Waals surface area (Å²) < 4.78 is 19.2. The van der Waals surface area contributed by atoms with Gasteiger partial charge in [-0.2, -0.15) is 0 Å². The van der Waals surface area contributed by atoms with Crippen molar-refractivity contribution in [1.82, 2.24) is 15.6 Å². The maximum Gasteiger partial charge on any atom is 0.226 e. The Morgan fingerprint density at radius 3 is 2.61 bits per heavy atom. The van der Waals surface area contributed by atoms with Gasteiger partial charge >= 0.3 is 0 Å². The van der Waals surface area contributed by atoms with Crippen molar-refractivity contribution in [3.05, 3.63) is 76.9 Å². The number of rotatable bonds is 6. The van der Waals surface area contributed by atoms with E-state index in [2.05, 4.69) is 20.6 Å². The van der Waals surface area contributed by atoms with Gasteiger partial charge in [0.1, 0.15) is 12.1 Å². The van der Waals surface area contributed by atoms with E-state index in [0.29, 0.717) is 36.9 Å². The summed E-state index contributed by atoms with van der Waals surface area (Å²) in [4.78, 5) is 8.73. The van der Waals surface area contributed by atoms with Gasteiger partial charge in [0.15, 0.2) is 5.96 Å². The van der Waals surface area contributed by atoms with Crippen LogP contribution in [0.3, 0.4) is 0 Å². The van der Waals surface area contributed by atoms with Crippen molar-refractivity contribution in [2.24, 2.45) is 4.99 Å². The van der Waals surface area contributed by atoms with Crippen LogP contribution in [0, 0.1) is 19.7 Å². The zero-order valence-corrected chi connectivity index (χ0v) is 16.4. The van der Waals surface area contributed by atoms with Gasteiger partial charge in [-0.15, -0.1) is 0 Å². The van der Waals surface area contributed by atoms with E-state index in [9.17, 15) is 4.39 Å². The summed E-state index contributed by atoms with van der Waals surface area (Å²) in [7, 11) is 1.71. The number of hydrogen-bond acceptors (Lipinski definition) is 3. The van der Waals surface area contributed by atoms with E-state index in [1.807, 2.05) is 37.3 Å². The molecule has 5 nitrogen and oxygen atoms in total. The molecule has 0 saturated heterocycles. The van der Waals surface area contributed by atoms with Crippen LogP contribution >= 0.6 is 0 Å². The second-order valence-electron chi connectivity index (χ2n) is 6.70. The smallest absolute Gasteiger partial charge is 0.226 e. The Balaban J connectivity index is 1.48. The van der Waals surface area contributed by atoms with Gasteiger partial charge in [0.2, 0.25) is 5.89 Å². The Morgan fingerprint density at radius 1 is 1.11 bits per heavy atom. The Kier molecular flexibility index (Phi) is 6.42. The molecule has 0 fully saturated rings. The molecule has 3 aromatic rings. The maximum absolute atomic E-state index is 13.6. The average molecular weight is 380 g/mol. The van der Waals surface area contributed by atoms with Crippen molar-refractivity contribution in [1.29, 1.82) is 0 Å². The molecule has 6 heteroatoms. The van der Waals surface area contributed by atoms with Crippen molar-refractivity contribution < 1.29 is 8.81 Å². The number of aromatic nitrogens is 1. The number of guanidine groups is 1. The predicted octanol–water partition coefficient (Wildman–Crippen LogP) is 4.01. The topological polar surface area (TPSA) is 62.5 Å². The molecule has 0 unspecified atom stereocenters. The summed E-state index contributed by atoms with van der Waals surface area (Å²) in [6.07, 6.45) is 2.39. The molecule has 0 radical (unpaired) electrons. The summed E-state index contributed by atoms with van der Waals surface area (Å²) in [6, 6.07) is 13.3. The van der Waals surface area contributed by atoms with Crippen molar-refractivity contribution in [3.8, 4) is 11.5 Å². The normalized spacial score (nSPS) is 11.5. The van der Waals surface area contributed by atoms with Crippen molar-refractivity contribution in [3.63, 3.8) is 0 Å².